The number of rotatable bonds is 2. The molecule has 3 heteroatoms. The van der Waals surface area contributed by atoms with Gasteiger partial charge in [0.25, 0.3) is 0 Å². The van der Waals surface area contributed by atoms with E-state index < -0.39 is 0 Å². The first-order valence-electron chi connectivity index (χ1n) is 6.26. The van der Waals surface area contributed by atoms with E-state index in [1.807, 2.05) is 6.07 Å². The molecule has 0 radical (unpaired) electrons. The van der Waals surface area contributed by atoms with Crippen LogP contribution in [0.5, 0.6) is 0 Å². The Bertz CT molecular complexity index is 428. The van der Waals surface area contributed by atoms with Crippen LogP contribution in [0.15, 0.2) is 18.2 Å². The first-order chi connectivity index (χ1) is 8.09. The molecule has 1 aromatic rings. The Kier molecular flexibility index (Phi) is 3.67. The molecule has 1 saturated heterocycles. The van der Waals surface area contributed by atoms with Crippen LogP contribution in [0.4, 0.5) is 5.69 Å². The summed E-state index contributed by atoms with van der Waals surface area (Å²) in [6.07, 6.45) is 3.93. The number of piperidine rings is 1. The molecule has 0 amide bonds. The molecule has 2 rings (SSSR count). The number of nitrogens with two attached hydrogens (primary N) is 1. The van der Waals surface area contributed by atoms with E-state index in [9.17, 15) is 0 Å². The third kappa shape index (κ3) is 2.60. The van der Waals surface area contributed by atoms with Gasteiger partial charge in [-0.25, -0.2) is 0 Å². The monoisotopic (exact) mass is 248 g/mol. The maximum atomic E-state index is 5.66. The average molecular weight is 248 g/mol. The van der Waals surface area contributed by atoms with E-state index in [1.165, 1.54) is 30.5 Å². The Labute approximate surface area is 109 Å². The van der Waals surface area contributed by atoms with Crippen LogP contribution < -0.4 is 10.6 Å². The highest BCUT2D eigenvalue weighted by atomic mass is 32.1. The van der Waals surface area contributed by atoms with Crippen molar-refractivity contribution in [1.82, 2.24) is 0 Å². The number of aryl methyl sites for hydroxylation is 1. The zero-order chi connectivity index (χ0) is 12.4. The quantitative estimate of drug-likeness (QED) is 0.816. The van der Waals surface area contributed by atoms with Gasteiger partial charge in [0.15, 0.2) is 0 Å². The van der Waals surface area contributed by atoms with Gasteiger partial charge in [0, 0.05) is 23.8 Å². The highest BCUT2D eigenvalue weighted by molar-refractivity contribution is 7.80. The first kappa shape index (κ1) is 12.4. The summed E-state index contributed by atoms with van der Waals surface area (Å²) in [5.41, 5.74) is 9.22. The summed E-state index contributed by atoms with van der Waals surface area (Å²) >= 11 is 5.01. The van der Waals surface area contributed by atoms with Crippen LogP contribution in [0.3, 0.4) is 0 Å². The van der Waals surface area contributed by atoms with Gasteiger partial charge < -0.3 is 10.6 Å². The molecule has 1 unspecified atom stereocenters. The van der Waals surface area contributed by atoms with E-state index in [0.717, 1.165) is 12.1 Å². The summed E-state index contributed by atoms with van der Waals surface area (Å²) in [7, 11) is 0. The Hall–Kier alpha value is -1.09. The number of hydrogen-bond donors (Lipinski definition) is 1. The number of hydrogen-bond acceptors (Lipinski definition) is 2. The van der Waals surface area contributed by atoms with E-state index in [1.54, 1.807) is 0 Å². The Morgan fingerprint density at radius 2 is 2.18 bits per heavy atom. The van der Waals surface area contributed by atoms with Crippen molar-refractivity contribution in [2.24, 2.45) is 5.73 Å². The predicted octanol–water partition coefficient (Wildman–Crippen LogP) is 3.01. The van der Waals surface area contributed by atoms with E-state index >= 15 is 0 Å². The largest absolute Gasteiger partial charge is 0.389 e. The second-order valence-electron chi connectivity index (χ2n) is 4.90. The highest BCUT2D eigenvalue weighted by Crippen LogP contribution is 2.28. The fourth-order valence-electron chi connectivity index (χ4n) is 2.59. The number of benzene rings is 1. The van der Waals surface area contributed by atoms with Gasteiger partial charge in [-0.2, -0.15) is 0 Å². The van der Waals surface area contributed by atoms with Gasteiger partial charge in [0.05, 0.1) is 0 Å². The zero-order valence-electron chi connectivity index (χ0n) is 10.6. The van der Waals surface area contributed by atoms with Gasteiger partial charge in [0.2, 0.25) is 0 Å². The van der Waals surface area contributed by atoms with E-state index in [-0.39, 0.29) is 0 Å². The third-order valence-electron chi connectivity index (χ3n) is 3.59. The number of thiocarbonyl (C=S) groups is 1. The molecule has 1 atom stereocenters. The smallest absolute Gasteiger partial charge is 0.103 e. The molecular weight excluding hydrogens is 228 g/mol. The molecule has 1 aliphatic rings. The molecule has 0 aliphatic carbocycles. The van der Waals surface area contributed by atoms with Crippen LogP contribution in [0.2, 0.25) is 0 Å². The summed E-state index contributed by atoms with van der Waals surface area (Å²) < 4.78 is 0. The summed E-state index contributed by atoms with van der Waals surface area (Å²) in [5, 5.41) is 0. The Balaban J connectivity index is 2.29. The summed E-state index contributed by atoms with van der Waals surface area (Å²) in [6.45, 7) is 5.60. The van der Waals surface area contributed by atoms with E-state index in [0.29, 0.717) is 11.0 Å². The van der Waals surface area contributed by atoms with Crippen molar-refractivity contribution >= 4 is 22.9 Å². The molecule has 1 heterocycles. The van der Waals surface area contributed by atoms with Gasteiger partial charge in [-0.05, 0) is 56.9 Å². The topological polar surface area (TPSA) is 29.3 Å². The van der Waals surface area contributed by atoms with Gasteiger partial charge >= 0.3 is 0 Å². The van der Waals surface area contributed by atoms with Crippen molar-refractivity contribution in [2.45, 2.75) is 39.2 Å². The highest BCUT2D eigenvalue weighted by Gasteiger charge is 2.19. The maximum Gasteiger partial charge on any atom is 0.103 e. The van der Waals surface area contributed by atoms with Gasteiger partial charge in [-0.15, -0.1) is 0 Å². The average Bonchev–Trinajstić information content (AvgIpc) is 2.30. The van der Waals surface area contributed by atoms with Crippen LogP contribution in [0, 0.1) is 6.92 Å². The minimum atomic E-state index is 0.478. The van der Waals surface area contributed by atoms with E-state index in [2.05, 4.69) is 30.9 Å². The van der Waals surface area contributed by atoms with Crippen molar-refractivity contribution in [3.05, 3.63) is 29.3 Å². The van der Waals surface area contributed by atoms with Crippen molar-refractivity contribution in [1.29, 1.82) is 0 Å². The molecule has 1 aromatic carbocycles. The zero-order valence-corrected chi connectivity index (χ0v) is 11.4. The van der Waals surface area contributed by atoms with Crippen LogP contribution in [0.25, 0.3) is 0 Å². The molecule has 0 spiro atoms. The summed E-state index contributed by atoms with van der Waals surface area (Å²) in [5.74, 6) is 0. The Morgan fingerprint density at radius 3 is 2.76 bits per heavy atom. The molecule has 2 N–H and O–H groups in total. The van der Waals surface area contributed by atoms with Crippen molar-refractivity contribution in [3.8, 4) is 0 Å². The molecule has 0 bridgehead atoms. The van der Waals surface area contributed by atoms with Gasteiger partial charge in [0.1, 0.15) is 4.99 Å². The van der Waals surface area contributed by atoms with Crippen molar-refractivity contribution < 1.29 is 0 Å². The second kappa shape index (κ2) is 5.05. The molecule has 92 valence electrons. The van der Waals surface area contributed by atoms with Gasteiger partial charge in [-0.3, -0.25) is 0 Å². The Morgan fingerprint density at radius 1 is 1.41 bits per heavy atom. The summed E-state index contributed by atoms with van der Waals surface area (Å²) in [4.78, 5) is 2.98. The SMILES string of the molecule is Cc1cc(C(N)=S)ccc1N1CCCCC1C. The third-order valence-corrected chi connectivity index (χ3v) is 3.83. The summed E-state index contributed by atoms with van der Waals surface area (Å²) in [6, 6.07) is 6.93. The number of anilines is 1. The molecule has 0 aromatic heterocycles. The minimum Gasteiger partial charge on any atom is -0.389 e. The van der Waals surface area contributed by atoms with Crippen LogP contribution in [-0.2, 0) is 0 Å². The van der Waals surface area contributed by atoms with Crippen LogP contribution in [0.1, 0.15) is 37.3 Å². The maximum absolute atomic E-state index is 5.66. The predicted molar refractivity (Wildman–Crippen MR) is 77.7 cm³/mol. The van der Waals surface area contributed by atoms with Crippen LogP contribution >= 0.6 is 12.2 Å². The van der Waals surface area contributed by atoms with E-state index in [4.69, 9.17) is 18.0 Å². The number of nitrogens with zero attached hydrogens (tertiary/aromatic N) is 1. The molecule has 1 fully saturated rings. The lowest BCUT2D eigenvalue weighted by Crippen LogP contribution is -2.37. The molecule has 17 heavy (non-hydrogen) atoms. The van der Waals surface area contributed by atoms with Crippen LogP contribution in [-0.4, -0.2) is 17.6 Å². The lowest BCUT2D eigenvalue weighted by atomic mass is 10.0. The lowest BCUT2D eigenvalue weighted by molar-refractivity contribution is 0.484. The molecular formula is C14H20N2S. The minimum absolute atomic E-state index is 0.478. The molecule has 0 saturated carbocycles. The standard InChI is InChI=1S/C14H20N2S/c1-10-9-12(14(15)17)6-7-13(10)16-8-4-3-5-11(16)2/h6-7,9,11H,3-5,8H2,1-2H3,(H2,15,17). The molecule has 2 nitrogen and oxygen atoms in total. The fraction of sp³-hybridized carbons (Fsp3) is 0.500. The fourth-order valence-corrected chi connectivity index (χ4v) is 2.71. The van der Waals surface area contributed by atoms with Gasteiger partial charge in [-0.1, -0.05) is 12.2 Å². The van der Waals surface area contributed by atoms with Crippen molar-refractivity contribution in [3.63, 3.8) is 0 Å². The molecule has 1 aliphatic heterocycles. The normalized spacial score (nSPS) is 20.4. The van der Waals surface area contributed by atoms with Crippen molar-refractivity contribution in [2.75, 3.05) is 11.4 Å². The lowest BCUT2D eigenvalue weighted by Gasteiger charge is -2.36. The first-order valence-corrected chi connectivity index (χ1v) is 6.67. The second-order valence-corrected chi connectivity index (χ2v) is 5.34.